The summed E-state index contributed by atoms with van der Waals surface area (Å²) < 4.78 is 0. The van der Waals surface area contributed by atoms with E-state index in [1.165, 1.54) is 0 Å². The van der Waals surface area contributed by atoms with E-state index in [4.69, 9.17) is 5.84 Å². The Bertz CT molecular complexity index is 465. The van der Waals surface area contributed by atoms with Crippen LogP contribution in [0.2, 0.25) is 0 Å². The molecular formula is C14H25N5O. The lowest BCUT2D eigenvalue weighted by atomic mass is 9.71. The number of nitrogens with zero attached hydrogens (tertiary/aromatic N) is 2. The van der Waals surface area contributed by atoms with E-state index >= 15 is 0 Å². The molecule has 6 nitrogen and oxygen atoms in total. The molecule has 0 aliphatic heterocycles. The third-order valence-corrected chi connectivity index (χ3v) is 4.12. The van der Waals surface area contributed by atoms with E-state index < -0.39 is 5.60 Å². The highest BCUT2D eigenvalue weighted by Gasteiger charge is 2.36. The van der Waals surface area contributed by atoms with Crippen LogP contribution < -0.4 is 16.6 Å². The zero-order valence-electron chi connectivity index (χ0n) is 12.5. The molecule has 1 heterocycles. The van der Waals surface area contributed by atoms with Gasteiger partial charge in [0.15, 0.2) is 0 Å². The Hall–Kier alpha value is -1.40. The summed E-state index contributed by atoms with van der Waals surface area (Å²) in [5.74, 6) is 6.39. The highest BCUT2D eigenvalue weighted by Crippen LogP contribution is 2.40. The Morgan fingerprint density at radius 3 is 2.50 bits per heavy atom. The SMILES string of the molecule is Cc1cc(NCC2(O)CCC(C)(C)CC2)nc(NN)n1. The van der Waals surface area contributed by atoms with E-state index in [9.17, 15) is 5.11 Å². The summed E-state index contributed by atoms with van der Waals surface area (Å²) in [5.41, 5.74) is 2.96. The lowest BCUT2D eigenvalue weighted by Crippen LogP contribution is -2.42. The highest BCUT2D eigenvalue weighted by atomic mass is 16.3. The van der Waals surface area contributed by atoms with Gasteiger partial charge in [-0.1, -0.05) is 13.8 Å². The van der Waals surface area contributed by atoms with Gasteiger partial charge in [0, 0.05) is 18.3 Å². The van der Waals surface area contributed by atoms with Gasteiger partial charge >= 0.3 is 0 Å². The summed E-state index contributed by atoms with van der Waals surface area (Å²) in [4.78, 5) is 8.36. The van der Waals surface area contributed by atoms with Crippen molar-refractivity contribution >= 4 is 11.8 Å². The van der Waals surface area contributed by atoms with Crippen molar-refractivity contribution in [1.29, 1.82) is 0 Å². The predicted molar refractivity (Wildman–Crippen MR) is 80.3 cm³/mol. The monoisotopic (exact) mass is 279 g/mol. The van der Waals surface area contributed by atoms with Gasteiger partial charge in [-0.3, -0.25) is 5.43 Å². The maximum atomic E-state index is 10.6. The summed E-state index contributed by atoms with van der Waals surface area (Å²) in [6.07, 6.45) is 3.73. The molecule has 0 saturated heterocycles. The van der Waals surface area contributed by atoms with Crippen LogP contribution in [-0.4, -0.2) is 27.2 Å². The zero-order valence-corrected chi connectivity index (χ0v) is 12.5. The molecule has 20 heavy (non-hydrogen) atoms. The van der Waals surface area contributed by atoms with Crippen LogP contribution >= 0.6 is 0 Å². The average molecular weight is 279 g/mol. The van der Waals surface area contributed by atoms with Gasteiger partial charge < -0.3 is 10.4 Å². The number of aliphatic hydroxyl groups is 1. The minimum Gasteiger partial charge on any atom is -0.388 e. The second kappa shape index (κ2) is 5.54. The Morgan fingerprint density at radius 2 is 1.90 bits per heavy atom. The second-order valence-corrected chi connectivity index (χ2v) is 6.60. The van der Waals surface area contributed by atoms with Crippen molar-refractivity contribution in [3.8, 4) is 0 Å². The van der Waals surface area contributed by atoms with Crippen LogP contribution in [0.5, 0.6) is 0 Å². The van der Waals surface area contributed by atoms with Gasteiger partial charge in [0.25, 0.3) is 0 Å². The van der Waals surface area contributed by atoms with Crippen molar-refractivity contribution in [3.63, 3.8) is 0 Å². The maximum absolute atomic E-state index is 10.6. The normalized spacial score (nSPS) is 20.4. The Balaban J connectivity index is 1.97. The van der Waals surface area contributed by atoms with Crippen molar-refractivity contribution < 1.29 is 5.11 Å². The molecule has 2 rings (SSSR count). The molecule has 0 spiro atoms. The number of aryl methyl sites for hydroxylation is 1. The molecule has 0 bridgehead atoms. The molecule has 1 aliphatic rings. The van der Waals surface area contributed by atoms with Gasteiger partial charge in [-0.25, -0.2) is 10.8 Å². The van der Waals surface area contributed by atoms with E-state index in [0.717, 1.165) is 31.4 Å². The van der Waals surface area contributed by atoms with Crippen molar-refractivity contribution in [1.82, 2.24) is 9.97 Å². The molecule has 1 aromatic rings. The van der Waals surface area contributed by atoms with Crippen LogP contribution in [0.4, 0.5) is 11.8 Å². The molecule has 0 radical (unpaired) electrons. The third kappa shape index (κ3) is 3.80. The first-order chi connectivity index (χ1) is 9.32. The van der Waals surface area contributed by atoms with Gasteiger partial charge in [0.05, 0.1) is 5.60 Å². The molecule has 112 valence electrons. The van der Waals surface area contributed by atoms with Crippen LogP contribution in [0.25, 0.3) is 0 Å². The van der Waals surface area contributed by atoms with Gasteiger partial charge in [-0.2, -0.15) is 4.98 Å². The lowest BCUT2D eigenvalue weighted by molar-refractivity contribution is -0.0145. The zero-order chi connectivity index (χ0) is 14.8. The second-order valence-electron chi connectivity index (χ2n) is 6.60. The molecule has 0 aromatic carbocycles. The van der Waals surface area contributed by atoms with Crippen molar-refractivity contribution in [2.75, 3.05) is 17.3 Å². The van der Waals surface area contributed by atoms with Gasteiger partial charge in [0.2, 0.25) is 5.95 Å². The van der Waals surface area contributed by atoms with Crippen LogP contribution in [0.15, 0.2) is 6.07 Å². The van der Waals surface area contributed by atoms with Crippen LogP contribution in [0, 0.1) is 12.3 Å². The first-order valence-corrected chi connectivity index (χ1v) is 7.11. The number of hydrazine groups is 1. The van der Waals surface area contributed by atoms with E-state index in [1.54, 1.807) is 0 Å². The smallest absolute Gasteiger partial charge is 0.239 e. The minimum absolute atomic E-state index is 0.342. The molecular weight excluding hydrogens is 254 g/mol. The third-order valence-electron chi connectivity index (χ3n) is 4.12. The van der Waals surface area contributed by atoms with Gasteiger partial charge in [-0.05, 0) is 38.0 Å². The summed E-state index contributed by atoms with van der Waals surface area (Å²) >= 11 is 0. The van der Waals surface area contributed by atoms with Crippen molar-refractivity contribution in [2.24, 2.45) is 11.3 Å². The molecule has 1 aliphatic carbocycles. The average Bonchev–Trinajstić information content (AvgIpc) is 2.40. The number of anilines is 2. The fraction of sp³-hybridized carbons (Fsp3) is 0.714. The van der Waals surface area contributed by atoms with E-state index in [0.29, 0.717) is 23.7 Å². The predicted octanol–water partition coefficient (Wildman–Crippen LogP) is 1.81. The Kier molecular flexibility index (Phi) is 4.15. The lowest BCUT2D eigenvalue weighted by Gasteiger charge is -2.40. The van der Waals surface area contributed by atoms with E-state index in [-0.39, 0.29) is 0 Å². The Labute approximate surface area is 120 Å². The van der Waals surface area contributed by atoms with Crippen molar-refractivity contribution in [2.45, 2.75) is 52.1 Å². The van der Waals surface area contributed by atoms with Crippen LogP contribution in [-0.2, 0) is 0 Å². The fourth-order valence-corrected chi connectivity index (χ4v) is 2.55. The summed E-state index contributed by atoms with van der Waals surface area (Å²) in [5, 5.41) is 13.8. The van der Waals surface area contributed by atoms with E-state index in [1.807, 2.05) is 13.0 Å². The standard InChI is InChI=1S/C14H25N5O/c1-10-8-11(18-12(17-10)19-15)16-9-14(20)6-4-13(2,3)5-7-14/h8,20H,4-7,9,15H2,1-3H3,(H2,16,17,18,19). The van der Waals surface area contributed by atoms with Crippen LogP contribution in [0.3, 0.4) is 0 Å². The largest absolute Gasteiger partial charge is 0.388 e. The number of nitrogens with two attached hydrogens (primary N) is 1. The van der Waals surface area contributed by atoms with Crippen LogP contribution in [0.1, 0.15) is 45.2 Å². The summed E-state index contributed by atoms with van der Waals surface area (Å²) in [6.45, 7) is 6.90. The number of hydrogen-bond donors (Lipinski definition) is 4. The Morgan fingerprint density at radius 1 is 1.25 bits per heavy atom. The maximum Gasteiger partial charge on any atom is 0.239 e. The number of rotatable bonds is 4. The number of aromatic nitrogens is 2. The van der Waals surface area contributed by atoms with Gasteiger partial charge in [0.1, 0.15) is 5.82 Å². The molecule has 0 atom stereocenters. The van der Waals surface area contributed by atoms with Gasteiger partial charge in [-0.15, -0.1) is 0 Å². The molecule has 0 unspecified atom stereocenters. The molecule has 1 aromatic heterocycles. The van der Waals surface area contributed by atoms with E-state index in [2.05, 4.69) is 34.6 Å². The number of hydrogen-bond acceptors (Lipinski definition) is 6. The topological polar surface area (TPSA) is 96.1 Å². The molecule has 0 amide bonds. The minimum atomic E-state index is -0.648. The fourth-order valence-electron chi connectivity index (χ4n) is 2.55. The highest BCUT2D eigenvalue weighted by molar-refractivity contribution is 5.41. The first-order valence-electron chi connectivity index (χ1n) is 7.11. The number of nitrogens with one attached hydrogen (secondary N) is 2. The number of nitrogen functional groups attached to an aromatic ring is 1. The van der Waals surface area contributed by atoms with Crippen molar-refractivity contribution in [3.05, 3.63) is 11.8 Å². The summed E-state index contributed by atoms with van der Waals surface area (Å²) in [7, 11) is 0. The quantitative estimate of drug-likeness (QED) is 0.496. The molecule has 6 heteroatoms. The molecule has 5 N–H and O–H groups in total. The first kappa shape index (κ1) is 15.0. The molecule has 1 saturated carbocycles. The summed E-state index contributed by atoms with van der Waals surface area (Å²) in [6, 6.07) is 1.84. The molecule has 1 fully saturated rings.